The normalized spacial score (nSPS) is 12.0. The third kappa shape index (κ3) is 23.9. The molecule has 1 unspecified atom stereocenters. The lowest BCUT2D eigenvalue weighted by Gasteiger charge is -2.17. The van der Waals surface area contributed by atoms with E-state index < -0.39 is 0 Å². The standard InChI is InChI=1S/C29H56O4/c1-4-7-9-10-11-12-15-18-21-26-32-28(30)24-19-16-13-14-17-20-25-29(31)33-27(22-6-3)23-8-5-2/h27H,4-26H2,1-3H3. The fourth-order valence-electron chi connectivity index (χ4n) is 4.18. The summed E-state index contributed by atoms with van der Waals surface area (Å²) in [4.78, 5) is 23.9. The quantitative estimate of drug-likeness (QED) is 0.0990. The molecule has 0 aliphatic carbocycles. The van der Waals surface area contributed by atoms with Gasteiger partial charge in [0.25, 0.3) is 0 Å². The molecule has 0 radical (unpaired) electrons. The van der Waals surface area contributed by atoms with Crippen LogP contribution >= 0.6 is 0 Å². The number of unbranched alkanes of at least 4 members (excludes halogenated alkanes) is 14. The number of hydrogen-bond donors (Lipinski definition) is 0. The van der Waals surface area contributed by atoms with E-state index in [2.05, 4.69) is 20.8 Å². The second kappa shape index (κ2) is 25.6. The zero-order chi connectivity index (χ0) is 24.4. The van der Waals surface area contributed by atoms with Crippen LogP contribution < -0.4 is 0 Å². The highest BCUT2D eigenvalue weighted by atomic mass is 16.5. The Labute approximate surface area is 206 Å². The smallest absolute Gasteiger partial charge is 0.306 e. The first-order chi connectivity index (χ1) is 16.1. The second-order valence-electron chi connectivity index (χ2n) is 9.71. The lowest BCUT2D eigenvalue weighted by Crippen LogP contribution is -2.18. The van der Waals surface area contributed by atoms with Crippen LogP contribution in [0, 0.1) is 0 Å². The molecule has 0 saturated heterocycles. The van der Waals surface area contributed by atoms with Gasteiger partial charge >= 0.3 is 11.9 Å². The van der Waals surface area contributed by atoms with E-state index in [1.54, 1.807) is 0 Å². The van der Waals surface area contributed by atoms with Crippen molar-refractivity contribution in [1.82, 2.24) is 0 Å². The molecule has 0 N–H and O–H groups in total. The van der Waals surface area contributed by atoms with Crippen molar-refractivity contribution in [2.45, 2.75) is 168 Å². The summed E-state index contributed by atoms with van der Waals surface area (Å²) in [6, 6.07) is 0. The Bertz CT molecular complexity index is 435. The minimum atomic E-state index is -0.0398. The van der Waals surface area contributed by atoms with Gasteiger partial charge in [-0.2, -0.15) is 0 Å². The van der Waals surface area contributed by atoms with Crippen LogP contribution in [-0.4, -0.2) is 24.6 Å². The van der Waals surface area contributed by atoms with E-state index in [4.69, 9.17) is 9.47 Å². The third-order valence-corrected chi connectivity index (χ3v) is 6.31. The van der Waals surface area contributed by atoms with Crippen molar-refractivity contribution in [2.24, 2.45) is 0 Å². The Morgan fingerprint density at radius 2 is 1.00 bits per heavy atom. The number of ether oxygens (including phenoxy) is 2. The predicted octanol–water partition coefficient (Wildman–Crippen LogP) is 9.08. The molecular formula is C29H56O4. The Morgan fingerprint density at radius 1 is 0.515 bits per heavy atom. The highest BCUT2D eigenvalue weighted by molar-refractivity contribution is 5.69. The van der Waals surface area contributed by atoms with Gasteiger partial charge in [0.2, 0.25) is 0 Å². The summed E-state index contributed by atoms with van der Waals surface area (Å²) >= 11 is 0. The summed E-state index contributed by atoms with van der Waals surface area (Å²) in [5.74, 6) is -0.0683. The number of rotatable bonds is 25. The van der Waals surface area contributed by atoms with Gasteiger partial charge in [0, 0.05) is 12.8 Å². The zero-order valence-corrected chi connectivity index (χ0v) is 22.5. The van der Waals surface area contributed by atoms with Crippen LogP contribution in [0.3, 0.4) is 0 Å². The van der Waals surface area contributed by atoms with Crippen molar-refractivity contribution < 1.29 is 19.1 Å². The van der Waals surface area contributed by atoms with E-state index in [1.165, 1.54) is 51.4 Å². The first-order valence-corrected chi connectivity index (χ1v) is 14.5. The lowest BCUT2D eigenvalue weighted by molar-refractivity contribution is -0.150. The summed E-state index contributed by atoms with van der Waals surface area (Å²) in [5.41, 5.74) is 0. The molecule has 0 bridgehead atoms. The molecule has 0 aliphatic heterocycles. The van der Waals surface area contributed by atoms with Gasteiger partial charge in [0.05, 0.1) is 6.61 Å². The number of carbonyl (C=O) groups is 2. The van der Waals surface area contributed by atoms with Crippen LogP contribution in [0.1, 0.15) is 162 Å². The largest absolute Gasteiger partial charge is 0.466 e. The Kier molecular flexibility index (Phi) is 24.7. The van der Waals surface area contributed by atoms with Crippen LogP contribution in [0.2, 0.25) is 0 Å². The minimum Gasteiger partial charge on any atom is -0.466 e. The SMILES string of the molecule is CCCCCCCCCCCOC(=O)CCCCCCCCC(=O)OC(CCC)CCCC. The molecule has 0 heterocycles. The summed E-state index contributed by atoms with van der Waals surface area (Å²) in [7, 11) is 0. The first kappa shape index (κ1) is 31.9. The number of hydrogen-bond acceptors (Lipinski definition) is 4. The topological polar surface area (TPSA) is 52.6 Å². The van der Waals surface area contributed by atoms with E-state index in [9.17, 15) is 9.59 Å². The van der Waals surface area contributed by atoms with Gasteiger partial charge in [-0.3, -0.25) is 9.59 Å². The molecule has 0 aromatic carbocycles. The Hall–Kier alpha value is -1.06. The highest BCUT2D eigenvalue weighted by Gasteiger charge is 2.12. The van der Waals surface area contributed by atoms with E-state index in [-0.39, 0.29) is 18.0 Å². The maximum absolute atomic E-state index is 12.0. The molecule has 0 aromatic rings. The number of esters is 2. The fraction of sp³-hybridized carbons (Fsp3) is 0.931. The van der Waals surface area contributed by atoms with Gasteiger partial charge < -0.3 is 9.47 Å². The van der Waals surface area contributed by atoms with Crippen LogP contribution in [-0.2, 0) is 19.1 Å². The summed E-state index contributed by atoms with van der Waals surface area (Å²) < 4.78 is 11.0. The molecule has 196 valence electrons. The molecule has 0 rings (SSSR count). The first-order valence-electron chi connectivity index (χ1n) is 14.5. The molecule has 0 aliphatic rings. The van der Waals surface area contributed by atoms with E-state index in [0.29, 0.717) is 19.4 Å². The third-order valence-electron chi connectivity index (χ3n) is 6.31. The molecule has 4 nitrogen and oxygen atoms in total. The molecule has 1 atom stereocenters. The Morgan fingerprint density at radius 3 is 1.55 bits per heavy atom. The van der Waals surface area contributed by atoms with Crippen LogP contribution in [0.4, 0.5) is 0 Å². The van der Waals surface area contributed by atoms with Crippen LogP contribution in [0.25, 0.3) is 0 Å². The average molecular weight is 469 g/mol. The number of carbonyl (C=O) groups excluding carboxylic acids is 2. The predicted molar refractivity (Wildman–Crippen MR) is 139 cm³/mol. The van der Waals surface area contributed by atoms with Gasteiger partial charge in [-0.05, 0) is 32.1 Å². The van der Waals surface area contributed by atoms with Crippen LogP contribution in [0.5, 0.6) is 0 Å². The fourth-order valence-corrected chi connectivity index (χ4v) is 4.18. The van der Waals surface area contributed by atoms with E-state index >= 15 is 0 Å². The van der Waals surface area contributed by atoms with Crippen molar-refractivity contribution in [1.29, 1.82) is 0 Å². The molecule has 0 aromatic heterocycles. The van der Waals surface area contributed by atoms with E-state index in [0.717, 1.165) is 77.0 Å². The molecule has 0 fully saturated rings. The van der Waals surface area contributed by atoms with Gasteiger partial charge in [-0.15, -0.1) is 0 Å². The lowest BCUT2D eigenvalue weighted by atomic mass is 10.1. The molecule has 4 heteroatoms. The Balaban J connectivity index is 3.43. The van der Waals surface area contributed by atoms with Crippen molar-refractivity contribution in [3.05, 3.63) is 0 Å². The zero-order valence-electron chi connectivity index (χ0n) is 22.5. The van der Waals surface area contributed by atoms with Gasteiger partial charge in [0.15, 0.2) is 0 Å². The average Bonchev–Trinajstić information content (AvgIpc) is 2.80. The van der Waals surface area contributed by atoms with Gasteiger partial charge in [0.1, 0.15) is 6.10 Å². The highest BCUT2D eigenvalue weighted by Crippen LogP contribution is 2.14. The molecular weight excluding hydrogens is 412 g/mol. The van der Waals surface area contributed by atoms with Crippen molar-refractivity contribution in [3.63, 3.8) is 0 Å². The van der Waals surface area contributed by atoms with Gasteiger partial charge in [-0.1, -0.05) is 117 Å². The molecule has 33 heavy (non-hydrogen) atoms. The van der Waals surface area contributed by atoms with Crippen molar-refractivity contribution in [3.8, 4) is 0 Å². The van der Waals surface area contributed by atoms with Crippen molar-refractivity contribution >= 4 is 11.9 Å². The second-order valence-corrected chi connectivity index (χ2v) is 9.71. The monoisotopic (exact) mass is 468 g/mol. The maximum atomic E-state index is 12.0. The van der Waals surface area contributed by atoms with Gasteiger partial charge in [-0.25, -0.2) is 0 Å². The summed E-state index contributed by atoms with van der Waals surface area (Å²) in [5, 5.41) is 0. The summed E-state index contributed by atoms with van der Waals surface area (Å²) in [6.07, 6.45) is 24.2. The molecule has 0 amide bonds. The molecule has 0 saturated carbocycles. The minimum absolute atomic E-state index is 0.0285. The maximum Gasteiger partial charge on any atom is 0.306 e. The van der Waals surface area contributed by atoms with E-state index in [1.807, 2.05) is 0 Å². The van der Waals surface area contributed by atoms with Crippen molar-refractivity contribution in [2.75, 3.05) is 6.61 Å². The molecule has 0 spiro atoms. The summed E-state index contributed by atoms with van der Waals surface area (Å²) in [6.45, 7) is 7.15. The van der Waals surface area contributed by atoms with Crippen LogP contribution in [0.15, 0.2) is 0 Å².